The number of halogens is 3. The van der Waals surface area contributed by atoms with Gasteiger partial charge >= 0.3 is 11.9 Å². The zero-order valence-corrected chi connectivity index (χ0v) is 28.5. The van der Waals surface area contributed by atoms with Crippen molar-refractivity contribution in [3.8, 4) is 33.8 Å². The number of hydrogen-bond donors (Lipinski definition) is 0. The van der Waals surface area contributed by atoms with E-state index in [-0.39, 0.29) is 17.6 Å². The zero-order valence-electron chi connectivity index (χ0n) is 26.9. The number of carbonyl (C=O) groups is 2. The Hall–Kier alpha value is -4.28. The van der Waals surface area contributed by atoms with Gasteiger partial charge in [0, 0.05) is 23.0 Å². The van der Waals surface area contributed by atoms with Gasteiger partial charge in [-0.2, -0.15) is 0 Å². The van der Waals surface area contributed by atoms with Crippen LogP contribution in [0, 0.1) is 11.6 Å². The van der Waals surface area contributed by atoms with Crippen LogP contribution in [-0.2, 0) is 21.3 Å². The van der Waals surface area contributed by atoms with Gasteiger partial charge in [0.1, 0.15) is 23.1 Å². The first-order valence-corrected chi connectivity index (χ1v) is 16.2. The van der Waals surface area contributed by atoms with E-state index in [2.05, 4.69) is 20.8 Å². The van der Waals surface area contributed by atoms with E-state index in [0.717, 1.165) is 29.8 Å². The lowest BCUT2D eigenvalue weighted by Gasteiger charge is -2.27. The number of rotatable bonds is 9. The number of hydrogen-bond acceptors (Lipinski definition) is 7. The molecular weight excluding hydrogens is 672 g/mol. The first-order chi connectivity index (χ1) is 22.7. The van der Waals surface area contributed by atoms with Crippen molar-refractivity contribution in [2.45, 2.75) is 31.1 Å². The van der Waals surface area contributed by atoms with Crippen molar-refractivity contribution in [3.05, 3.63) is 107 Å². The summed E-state index contributed by atoms with van der Waals surface area (Å²) in [4.78, 5) is 25.9. The molecule has 1 fully saturated rings. The van der Waals surface area contributed by atoms with Crippen molar-refractivity contribution >= 4 is 27.9 Å². The van der Waals surface area contributed by atoms with Crippen LogP contribution < -0.4 is 9.47 Å². The van der Waals surface area contributed by atoms with Gasteiger partial charge in [0.15, 0.2) is 0 Å². The van der Waals surface area contributed by atoms with E-state index in [1.165, 1.54) is 52.7 Å². The lowest BCUT2D eigenvalue weighted by Crippen LogP contribution is -2.29. The normalized spacial score (nSPS) is 12.8. The predicted octanol–water partition coefficient (Wildman–Crippen LogP) is 8.46. The molecule has 1 aliphatic heterocycles. The third kappa shape index (κ3) is 8.96. The molecule has 0 spiro atoms. The van der Waals surface area contributed by atoms with Crippen molar-refractivity contribution in [1.29, 1.82) is 0 Å². The summed E-state index contributed by atoms with van der Waals surface area (Å²) in [7, 11) is 5.78. The maximum absolute atomic E-state index is 14.5. The highest BCUT2D eigenvalue weighted by Gasteiger charge is 2.19. The van der Waals surface area contributed by atoms with Crippen LogP contribution in [0.3, 0.4) is 0 Å². The predicted molar refractivity (Wildman–Crippen MR) is 181 cm³/mol. The minimum absolute atomic E-state index is 0.309. The van der Waals surface area contributed by atoms with Crippen molar-refractivity contribution in [2.75, 3.05) is 41.5 Å². The number of ether oxygens (including phenoxy) is 4. The smallest absolute Gasteiger partial charge is 0.337 e. The summed E-state index contributed by atoms with van der Waals surface area (Å²) >= 11 is 3.37. The second kappa shape index (κ2) is 17.0. The highest BCUT2D eigenvalue weighted by molar-refractivity contribution is 9.08. The van der Waals surface area contributed by atoms with Gasteiger partial charge in [-0.15, -0.1) is 0 Å². The molecule has 0 unspecified atom stereocenters. The third-order valence-corrected chi connectivity index (χ3v) is 8.57. The first kappa shape index (κ1) is 35.6. The fourth-order valence-electron chi connectivity index (χ4n) is 5.48. The average molecular weight is 711 g/mol. The number of likely N-dealkylation sites (tertiary alicyclic amines) is 1. The van der Waals surface area contributed by atoms with Gasteiger partial charge < -0.3 is 18.9 Å². The number of carbonyl (C=O) groups excluding carboxylic acids is 2. The van der Waals surface area contributed by atoms with Crippen LogP contribution in [0.25, 0.3) is 22.3 Å². The third-order valence-electron chi connectivity index (χ3n) is 7.97. The van der Waals surface area contributed by atoms with Crippen LogP contribution in [0.1, 0.15) is 51.1 Å². The zero-order chi connectivity index (χ0) is 33.9. The van der Waals surface area contributed by atoms with Crippen molar-refractivity contribution in [1.82, 2.24) is 4.90 Å². The topological polar surface area (TPSA) is 74.3 Å². The second-order valence-electron chi connectivity index (χ2n) is 10.9. The maximum Gasteiger partial charge on any atom is 0.337 e. The van der Waals surface area contributed by atoms with Gasteiger partial charge in [-0.3, -0.25) is 4.90 Å². The fourth-order valence-corrected chi connectivity index (χ4v) is 5.94. The molecule has 0 aromatic heterocycles. The second-order valence-corrected chi connectivity index (χ2v) is 11.4. The first-order valence-electron chi connectivity index (χ1n) is 15.1. The lowest BCUT2D eigenvalue weighted by molar-refractivity contribution is 0.0591. The lowest BCUT2D eigenvalue weighted by atomic mass is 9.96. The van der Waals surface area contributed by atoms with Gasteiger partial charge in [-0.25, -0.2) is 18.4 Å². The van der Waals surface area contributed by atoms with Crippen LogP contribution in [0.2, 0.25) is 0 Å². The average Bonchev–Trinajstić information content (AvgIpc) is 3.12. The van der Waals surface area contributed by atoms with E-state index in [4.69, 9.17) is 18.9 Å². The Balaban J connectivity index is 0.000000218. The molecule has 0 aliphatic carbocycles. The minimum atomic E-state index is -0.421. The molecular formula is C37H38BrF2NO6. The van der Waals surface area contributed by atoms with Gasteiger partial charge in [0.05, 0.1) is 39.6 Å². The number of piperidine rings is 1. The largest absolute Gasteiger partial charge is 0.497 e. The van der Waals surface area contributed by atoms with Gasteiger partial charge in [-0.05, 0) is 109 Å². The molecule has 10 heteroatoms. The molecule has 0 radical (unpaired) electrons. The maximum atomic E-state index is 14.5. The van der Waals surface area contributed by atoms with Gasteiger partial charge in [0.25, 0.3) is 0 Å². The molecule has 248 valence electrons. The molecule has 47 heavy (non-hydrogen) atoms. The molecule has 0 saturated carbocycles. The summed E-state index contributed by atoms with van der Waals surface area (Å²) < 4.78 is 48.5. The summed E-state index contributed by atoms with van der Waals surface area (Å²) in [5.74, 6) is -0.288. The van der Waals surface area contributed by atoms with E-state index < -0.39 is 5.97 Å². The van der Waals surface area contributed by atoms with Crippen molar-refractivity contribution in [3.63, 3.8) is 0 Å². The summed E-state index contributed by atoms with van der Waals surface area (Å²) in [6, 6.07) is 19.6. The molecule has 7 nitrogen and oxygen atoms in total. The van der Waals surface area contributed by atoms with E-state index >= 15 is 0 Å². The molecule has 0 bridgehead atoms. The summed E-state index contributed by atoms with van der Waals surface area (Å²) in [6.45, 7) is 2.71. The Morgan fingerprint density at radius 1 is 0.638 bits per heavy atom. The van der Waals surface area contributed by atoms with Gasteiger partial charge in [-0.1, -0.05) is 34.5 Å². The Bertz CT molecular complexity index is 1710. The quantitative estimate of drug-likeness (QED) is 0.128. The van der Waals surface area contributed by atoms with E-state index in [9.17, 15) is 18.4 Å². The number of esters is 2. The van der Waals surface area contributed by atoms with E-state index in [1.807, 2.05) is 6.07 Å². The van der Waals surface area contributed by atoms with Crippen LogP contribution in [0.15, 0.2) is 72.8 Å². The highest BCUT2D eigenvalue weighted by atomic mass is 79.9. The summed E-state index contributed by atoms with van der Waals surface area (Å²) in [6.07, 6.45) is 3.58. The van der Waals surface area contributed by atoms with Crippen molar-refractivity contribution in [2.24, 2.45) is 0 Å². The number of nitrogens with zero attached hydrogens (tertiary/aromatic N) is 1. The summed E-state index contributed by atoms with van der Waals surface area (Å²) in [5.41, 5.74) is 5.01. The Kier molecular flexibility index (Phi) is 12.9. The molecule has 1 heterocycles. The van der Waals surface area contributed by atoms with Crippen LogP contribution in [-0.4, -0.2) is 58.4 Å². The monoisotopic (exact) mass is 709 g/mol. The van der Waals surface area contributed by atoms with Crippen LogP contribution in [0.4, 0.5) is 8.78 Å². The van der Waals surface area contributed by atoms with Crippen LogP contribution in [0.5, 0.6) is 11.5 Å². The summed E-state index contributed by atoms with van der Waals surface area (Å²) in [5, 5.41) is 0.490. The molecule has 1 aliphatic rings. The number of methoxy groups -OCH3 is 4. The van der Waals surface area contributed by atoms with Gasteiger partial charge in [0.2, 0.25) is 0 Å². The molecule has 0 atom stereocenters. The SMILES string of the molecule is COC(=O)c1ccc(-c2cc(OC)ccc2F)c(CBr)c1.COC(=O)c1ccc(-c2cc(OC)ccc2F)c(CN2CCCCC2)c1. The Morgan fingerprint density at radius 3 is 1.55 bits per heavy atom. The minimum Gasteiger partial charge on any atom is -0.497 e. The van der Waals surface area contributed by atoms with E-state index in [1.54, 1.807) is 61.7 Å². The molecule has 0 amide bonds. The standard InChI is InChI=1S/C21H24FNO3.C16H14BrFO3/c1-25-17-7-9-20(22)19(13-17)18-8-6-15(21(24)26-2)12-16(18)14-23-10-4-3-5-11-23;1-20-12-4-6-15(18)14(8-12)13-5-3-10(16(19)21-2)7-11(13)9-17/h6-9,12-13H,3-5,10-11,14H2,1-2H3;3-8H,9H2,1-2H3. The number of alkyl halides is 1. The number of benzene rings is 4. The Morgan fingerprint density at radius 2 is 1.11 bits per heavy atom. The molecule has 0 N–H and O–H groups in total. The molecule has 1 saturated heterocycles. The molecule has 4 aromatic carbocycles. The van der Waals surface area contributed by atoms with Crippen LogP contribution >= 0.6 is 15.9 Å². The molecule has 4 aromatic rings. The molecule has 5 rings (SSSR count). The highest BCUT2D eigenvalue weighted by Crippen LogP contribution is 2.33. The van der Waals surface area contributed by atoms with Crippen molar-refractivity contribution < 1.29 is 37.3 Å². The Labute approximate surface area is 282 Å². The van der Waals surface area contributed by atoms with E-state index in [0.29, 0.717) is 51.2 Å². The fraction of sp³-hybridized carbons (Fsp3) is 0.297.